The van der Waals surface area contributed by atoms with Crippen LogP contribution in [0, 0.1) is 0 Å². The maximum atomic E-state index is 12.6. The molecule has 0 radical (unpaired) electrons. The zero-order chi connectivity index (χ0) is 18.7. The standard InChI is InChI=1S/C18H15Cl2N3O3/c1-25-16-7-12(14(20)8-17(16)26-2)18(24)22-11-9-21-23(10-11)15-6-4-3-5-13(15)19/h3-10H,1-2H3,(H,22,24). The van der Waals surface area contributed by atoms with Crippen molar-refractivity contribution in [2.24, 2.45) is 0 Å². The zero-order valence-corrected chi connectivity index (χ0v) is 15.5. The second kappa shape index (κ2) is 7.68. The molecule has 0 aliphatic carbocycles. The van der Waals surface area contributed by atoms with Crippen LogP contribution in [0.5, 0.6) is 11.5 Å². The van der Waals surface area contributed by atoms with Crippen molar-refractivity contribution in [1.82, 2.24) is 9.78 Å². The molecule has 1 heterocycles. The summed E-state index contributed by atoms with van der Waals surface area (Å²) in [7, 11) is 2.98. The highest BCUT2D eigenvalue weighted by Gasteiger charge is 2.17. The van der Waals surface area contributed by atoms with Crippen LogP contribution in [0.15, 0.2) is 48.8 Å². The first-order chi connectivity index (χ1) is 12.5. The number of hydrogen-bond donors (Lipinski definition) is 1. The predicted octanol–water partition coefficient (Wildman–Crippen LogP) is 4.45. The molecule has 0 unspecified atom stereocenters. The van der Waals surface area contributed by atoms with Gasteiger partial charge in [-0.3, -0.25) is 4.79 Å². The normalized spacial score (nSPS) is 10.5. The number of carbonyl (C=O) groups excluding carboxylic acids is 1. The molecule has 0 aliphatic rings. The van der Waals surface area contributed by atoms with Gasteiger partial charge in [0.15, 0.2) is 11.5 Å². The van der Waals surface area contributed by atoms with E-state index in [9.17, 15) is 4.79 Å². The number of para-hydroxylation sites is 1. The van der Waals surface area contributed by atoms with Crippen molar-refractivity contribution < 1.29 is 14.3 Å². The average Bonchev–Trinajstić information content (AvgIpc) is 3.09. The van der Waals surface area contributed by atoms with Crippen molar-refractivity contribution in [3.8, 4) is 17.2 Å². The third kappa shape index (κ3) is 3.61. The molecule has 26 heavy (non-hydrogen) atoms. The molecule has 0 saturated carbocycles. The van der Waals surface area contributed by atoms with Gasteiger partial charge in [0.1, 0.15) is 0 Å². The van der Waals surface area contributed by atoms with Gasteiger partial charge < -0.3 is 14.8 Å². The number of nitrogens with one attached hydrogen (secondary N) is 1. The van der Waals surface area contributed by atoms with Crippen molar-refractivity contribution >= 4 is 34.8 Å². The molecule has 8 heteroatoms. The summed E-state index contributed by atoms with van der Waals surface area (Å²) < 4.78 is 12.0. The predicted molar refractivity (Wildman–Crippen MR) is 101 cm³/mol. The van der Waals surface area contributed by atoms with Gasteiger partial charge in [-0.15, -0.1) is 0 Å². The maximum Gasteiger partial charge on any atom is 0.257 e. The fourth-order valence-electron chi connectivity index (χ4n) is 2.38. The number of rotatable bonds is 5. The number of benzene rings is 2. The van der Waals surface area contributed by atoms with E-state index in [-0.39, 0.29) is 10.6 Å². The lowest BCUT2D eigenvalue weighted by Crippen LogP contribution is -2.12. The lowest BCUT2D eigenvalue weighted by atomic mass is 10.2. The fourth-order valence-corrected chi connectivity index (χ4v) is 2.85. The minimum absolute atomic E-state index is 0.249. The fraction of sp³-hybridized carbons (Fsp3) is 0.111. The highest BCUT2D eigenvalue weighted by atomic mass is 35.5. The third-order valence-corrected chi connectivity index (χ3v) is 4.29. The quantitative estimate of drug-likeness (QED) is 0.697. The Balaban J connectivity index is 1.84. The first-order valence-electron chi connectivity index (χ1n) is 7.56. The molecule has 0 saturated heterocycles. The minimum Gasteiger partial charge on any atom is -0.493 e. The van der Waals surface area contributed by atoms with Gasteiger partial charge >= 0.3 is 0 Å². The topological polar surface area (TPSA) is 65.4 Å². The van der Waals surface area contributed by atoms with E-state index in [1.54, 1.807) is 16.9 Å². The summed E-state index contributed by atoms with van der Waals surface area (Å²) in [6, 6.07) is 10.3. The molecule has 0 bridgehead atoms. The number of methoxy groups -OCH3 is 2. The van der Waals surface area contributed by atoms with Gasteiger partial charge in [0, 0.05) is 6.07 Å². The summed E-state index contributed by atoms with van der Waals surface area (Å²) >= 11 is 12.3. The number of aromatic nitrogens is 2. The molecule has 0 fully saturated rings. The summed E-state index contributed by atoms with van der Waals surface area (Å²) in [4.78, 5) is 12.6. The molecule has 0 spiro atoms. The number of carbonyl (C=O) groups is 1. The Morgan fingerprint density at radius 2 is 1.77 bits per heavy atom. The van der Waals surface area contributed by atoms with Crippen molar-refractivity contribution in [1.29, 1.82) is 0 Å². The van der Waals surface area contributed by atoms with E-state index in [0.29, 0.717) is 27.9 Å². The Bertz CT molecular complexity index is 957. The number of halogens is 2. The van der Waals surface area contributed by atoms with E-state index in [2.05, 4.69) is 10.4 Å². The number of ether oxygens (including phenoxy) is 2. The highest BCUT2D eigenvalue weighted by molar-refractivity contribution is 6.34. The molecule has 2 aromatic carbocycles. The van der Waals surface area contributed by atoms with Crippen LogP contribution in [0.2, 0.25) is 10.0 Å². The second-order valence-corrected chi connectivity index (χ2v) is 6.08. The molecule has 6 nitrogen and oxygen atoms in total. The van der Waals surface area contributed by atoms with Gasteiger partial charge in [-0.05, 0) is 18.2 Å². The number of nitrogens with zero attached hydrogens (tertiary/aromatic N) is 2. The highest BCUT2D eigenvalue weighted by Crippen LogP contribution is 2.33. The second-order valence-electron chi connectivity index (χ2n) is 5.27. The SMILES string of the molecule is COc1cc(Cl)c(C(=O)Nc2cnn(-c3ccccc3Cl)c2)cc1OC. The Labute approximate surface area is 160 Å². The number of amides is 1. The van der Waals surface area contributed by atoms with Crippen molar-refractivity contribution in [3.05, 3.63) is 64.4 Å². The van der Waals surface area contributed by atoms with Gasteiger partial charge in [-0.25, -0.2) is 4.68 Å². The molecule has 0 aliphatic heterocycles. The first-order valence-corrected chi connectivity index (χ1v) is 8.31. The van der Waals surface area contributed by atoms with Crippen LogP contribution >= 0.6 is 23.2 Å². The number of anilines is 1. The van der Waals surface area contributed by atoms with E-state index in [0.717, 1.165) is 0 Å². The van der Waals surface area contributed by atoms with E-state index >= 15 is 0 Å². The van der Waals surface area contributed by atoms with Crippen LogP contribution in [0.3, 0.4) is 0 Å². The molecule has 1 aromatic heterocycles. The van der Waals surface area contributed by atoms with Gasteiger partial charge in [0.05, 0.1) is 53.6 Å². The van der Waals surface area contributed by atoms with Crippen LogP contribution in [-0.2, 0) is 0 Å². The molecule has 134 valence electrons. The van der Waals surface area contributed by atoms with Gasteiger partial charge in [-0.1, -0.05) is 35.3 Å². The summed E-state index contributed by atoms with van der Waals surface area (Å²) in [5, 5.41) is 7.77. The summed E-state index contributed by atoms with van der Waals surface area (Å²) in [5.74, 6) is 0.462. The monoisotopic (exact) mass is 391 g/mol. The first kappa shape index (κ1) is 18.1. The van der Waals surface area contributed by atoms with Gasteiger partial charge in [0.25, 0.3) is 5.91 Å². The molecular formula is C18H15Cl2N3O3. The Morgan fingerprint density at radius 3 is 2.46 bits per heavy atom. The summed E-state index contributed by atoms with van der Waals surface area (Å²) in [6.45, 7) is 0. The van der Waals surface area contributed by atoms with E-state index in [1.807, 2.05) is 18.2 Å². The lowest BCUT2D eigenvalue weighted by molar-refractivity contribution is 0.102. The van der Waals surface area contributed by atoms with E-state index in [1.165, 1.54) is 32.5 Å². The van der Waals surface area contributed by atoms with Crippen LogP contribution in [0.25, 0.3) is 5.69 Å². The van der Waals surface area contributed by atoms with E-state index in [4.69, 9.17) is 32.7 Å². The Morgan fingerprint density at radius 1 is 1.08 bits per heavy atom. The molecule has 3 aromatic rings. The molecular weight excluding hydrogens is 377 g/mol. The molecule has 3 rings (SSSR count). The van der Waals surface area contributed by atoms with E-state index < -0.39 is 5.91 Å². The Hall–Kier alpha value is -2.70. The van der Waals surface area contributed by atoms with Crippen molar-refractivity contribution in [2.45, 2.75) is 0 Å². The van der Waals surface area contributed by atoms with Gasteiger partial charge in [-0.2, -0.15) is 5.10 Å². The third-order valence-electron chi connectivity index (χ3n) is 3.66. The molecule has 1 N–H and O–H groups in total. The minimum atomic E-state index is -0.394. The van der Waals surface area contributed by atoms with Crippen molar-refractivity contribution in [3.63, 3.8) is 0 Å². The van der Waals surface area contributed by atoms with Crippen molar-refractivity contribution in [2.75, 3.05) is 19.5 Å². The summed E-state index contributed by atoms with van der Waals surface area (Å²) in [6.07, 6.45) is 3.18. The smallest absolute Gasteiger partial charge is 0.257 e. The summed E-state index contributed by atoms with van der Waals surface area (Å²) in [5.41, 5.74) is 1.47. The largest absolute Gasteiger partial charge is 0.493 e. The van der Waals surface area contributed by atoms with Gasteiger partial charge in [0.2, 0.25) is 0 Å². The maximum absolute atomic E-state index is 12.6. The number of hydrogen-bond acceptors (Lipinski definition) is 4. The van der Waals surface area contributed by atoms with Crippen LogP contribution < -0.4 is 14.8 Å². The lowest BCUT2D eigenvalue weighted by Gasteiger charge is -2.11. The van der Waals surface area contributed by atoms with Crippen LogP contribution in [-0.4, -0.2) is 29.9 Å². The average molecular weight is 392 g/mol. The molecule has 1 amide bonds. The zero-order valence-electron chi connectivity index (χ0n) is 14.0. The van der Waals surface area contributed by atoms with Crippen LogP contribution in [0.1, 0.15) is 10.4 Å². The molecule has 0 atom stereocenters. The van der Waals surface area contributed by atoms with Crippen LogP contribution in [0.4, 0.5) is 5.69 Å². The Kier molecular flexibility index (Phi) is 5.35.